The minimum atomic E-state index is -3.11. The summed E-state index contributed by atoms with van der Waals surface area (Å²) < 4.78 is 33.4. The molecule has 8 nitrogen and oxygen atoms in total. The summed E-state index contributed by atoms with van der Waals surface area (Å²) in [5, 5.41) is 2.47. The van der Waals surface area contributed by atoms with Gasteiger partial charge in [0.05, 0.1) is 25.2 Å². The van der Waals surface area contributed by atoms with Crippen LogP contribution in [0.3, 0.4) is 0 Å². The van der Waals surface area contributed by atoms with E-state index >= 15 is 0 Å². The second kappa shape index (κ2) is 8.19. The van der Waals surface area contributed by atoms with Crippen molar-refractivity contribution in [2.45, 2.75) is 12.5 Å². The molecule has 25 heavy (non-hydrogen) atoms. The number of benzene rings is 1. The van der Waals surface area contributed by atoms with Gasteiger partial charge < -0.3 is 19.7 Å². The smallest absolute Gasteiger partial charge is 0.311 e. The van der Waals surface area contributed by atoms with E-state index in [1.807, 2.05) is 0 Å². The third-order valence-electron chi connectivity index (χ3n) is 3.99. The average molecular weight is 370 g/mol. The highest BCUT2D eigenvalue weighted by Crippen LogP contribution is 2.17. The lowest BCUT2D eigenvalue weighted by Gasteiger charge is -2.22. The third kappa shape index (κ3) is 5.35. The fourth-order valence-electron chi connectivity index (χ4n) is 2.49. The van der Waals surface area contributed by atoms with Crippen molar-refractivity contribution < 1.29 is 27.5 Å². The maximum atomic E-state index is 12.0. The number of carbonyl (C=O) groups excluding carboxylic acids is 2. The summed E-state index contributed by atoms with van der Waals surface area (Å²) in [5.41, 5.74) is 0. The van der Waals surface area contributed by atoms with Gasteiger partial charge in [-0.05, 0) is 30.7 Å². The number of amides is 2. The fraction of sp³-hybridized carbons (Fsp3) is 0.500. The first-order chi connectivity index (χ1) is 11.8. The number of hydrogen-bond acceptors (Lipinski definition) is 6. The minimum absolute atomic E-state index is 0.0482. The Morgan fingerprint density at radius 1 is 1.24 bits per heavy atom. The van der Waals surface area contributed by atoms with E-state index in [9.17, 15) is 18.0 Å². The SMILES string of the molecule is COc1ccc(OCCNC(=O)C(=O)N(C)C2CCS(=O)(=O)C2)cc1. The van der Waals surface area contributed by atoms with Crippen LogP contribution in [-0.4, -0.2) is 70.0 Å². The predicted octanol–water partition coefficient (Wildman–Crippen LogP) is -0.164. The lowest BCUT2D eigenvalue weighted by molar-refractivity contribution is -0.146. The molecule has 0 radical (unpaired) electrons. The van der Waals surface area contributed by atoms with Crippen molar-refractivity contribution in [2.75, 3.05) is 38.8 Å². The first-order valence-corrected chi connectivity index (χ1v) is 9.67. The number of likely N-dealkylation sites (N-methyl/N-ethyl adjacent to an activating group) is 1. The maximum Gasteiger partial charge on any atom is 0.311 e. The van der Waals surface area contributed by atoms with Crippen LogP contribution in [0.4, 0.5) is 0 Å². The second-order valence-electron chi connectivity index (χ2n) is 5.75. The van der Waals surface area contributed by atoms with E-state index in [1.165, 1.54) is 11.9 Å². The lowest BCUT2D eigenvalue weighted by atomic mass is 10.2. The van der Waals surface area contributed by atoms with Crippen LogP contribution in [0.15, 0.2) is 24.3 Å². The van der Waals surface area contributed by atoms with Crippen LogP contribution in [-0.2, 0) is 19.4 Å². The monoisotopic (exact) mass is 370 g/mol. The number of nitrogens with one attached hydrogen (secondary N) is 1. The van der Waals surface area contributed by atoms with Gasteiger partial charge in [0.1, 0.15) is 18.1 Å². The zero-order valence-corrected chi connectivity index (χ0v) is 15.0. The number of carbonyl (C=O) groups is 2. The largest absolute Gasteiger partial charge is 0.497 e. The molecule has 1 N–H and O–H groups in total. The maximum absolute atomic E-state index is 12.0. The van der Waals surface area contributed by atoms with Crippen molar-refractivity contribution in [1.29, 1.82) is 0 Å². The van der Waals surface area contributed by atoms with Gasteiger partial charge in [-0.3, -0.25) is 9.59 Å². The van der Waals surface area contributed by atoms with E-state index in [0.717, 1.165) is 0 Å². The zero-order valence-electron chi connectivity index (χ0n) is 14.2. The number of nitrogens with zero attached hydrogens (tertiary/aromatic N) is 1. The highest BCUT2D eigenvalue weighted by molar-refractivity contribution is 7.91. The molecule has 0 bridgehead atoms. The van der Waals surface area contributed by atoms with E-state index in [4.69, 9.17) is 9.47 Å². The van der Waals surface area contributed by atoms with Crippen LogP contribution in [0.1, 0.15) is 6.42 Å². The van der Waals surface area contributed by atoms with Gasteiger partial charge in [0.15, 0.2) is 9.84 Å². The van der Waals surface area contributed by atoms with Crippen LogP contribution < -0.4 is 14.8 Å². The molecule has 1 aliphatic rings. The van der Waals surface area contributed by atoms with Gasteiger partial charge in [-0.25, -0.2) is 8.42 Å². The molecule has 1 saturated heterocycles. The quantitative estimate of drug-likeness (QED) is 0.551. The zero-order chi connectivity index (χ0) is 18.4. The van der Waals surface area contributed by atoms with Crippen LogP contribution in [0.5, 0.6) is 11.5 Å². The van der Waals surface area contributed by atoms with E-state index < -0.39 is 27.7 Å². The molecule has 9 heteroatoms. The molecular weight excluding hydrogens is 348 g/mol. The van der Waals surface area contributed by atoms with Crippen molar-refractivity contribution in [3.8, 4) is 11.5 Å². The van der Waals surface area contributed by atoms with Crippen LogP contribution in [0.25, 0.3) is 0 Å². The number of rotatable bonds is 6. The van der Waals surface area contributed by atoms with Crippen molar-refractivity contribution in [3.63, 3.8) is 0 Å². The molecule has 0 aromatic heterocycles. The molecule has 2 rings (SSSR count). The summed E-state index contributed by atoms with van der Waals surface area (Å²) in [6.45, 7) is 0.361. The Hall–Kier alpha value is -2.29. The number of methoxy groups -OCH3 is 1. The third-order valence-corrected chi connectivity index (χ3v) is 5.74. The Balaban J connectivity index is 1.73. The number of hydrogen-bond donors (Lipinski definition) is 1. The van der Waals surface area contributed by atoms with E-state index in [2.05, 4.69) is 5.32 Å². The normalized spacial score (nSPS) is 18.4. The topological polar surface area (TPSA) is 102 Å². The summed E-state index contributed by atoms with van der Waals surface area (Å²) in [4.78, 5) is 25.1. The molecule has 0 spiro atoms. The van der Waals surface area contributed by atoms with E-state index in [0.29, 0.717) is 17.9 Å². The molecule has 1 aliphatic heterocycles. The van der Waals surface area contributed by atoms with Crippen molar-refractivity contribution >= 4 is 21.7 Å². The summed E-state index contributed by atoms with van der Waals surface area (Å²) >= 11 is 0. The van der Waals surface area contributed by atoms with Crippen LogP contribution >= 0.6 is 0 Å². The van der Waals surface area contributed by atoms with Crippen LogP contribution in [0.2, 0.25) is 0 Å². The van der Waals surface area contributed by atoms with Gasteiger partial charge in [-0.15, -0.1) is 0 Å². The molecule has 0 saturated carbocycles. The summed E-state index contributed by atoms with van der Waals surface area (Å²) in [7, 11) is -0.0953. The Morgan fingerprint density at radius 2 is 1.88 bits per heavy atom. The molecule has 1 aromatic rings. The second-order valence-corrected chi connectivity index (χ2v) is 7.98. The first-order valence-electron chi connectivity index (χ1n) is 7.84. The summed E-state index contributed by atoms with van der Waals surface area (Å²) in [6.07, 6.45) is 0.360. The lowest BCUT2D eigenvalue weighted by Crippen LogP contribution is -2.46. The molecule has 1 atom stereocenters. The first kappa shape index (κ1) is 19.0. The minimum Gasteiger partial charge on any atom is -0.497 e. The average Bonchev–Trinajstić information content (AvgIpc) is 2.97. The van der Waals surface area contributed by atoms with E-state index in [1.54, 1.807) is 31.4 Å². The molecule has 1 unspecified atom stereocenters. The Labute approximate surface area is 147 Å². The predicted molar refractivity (Wildman–Crippen MR) is 91.3 cm³/mol. The van der Waals surface area contributed by atoms with Gasteiger partial charge >= 0.3 is 11.8 Å². The Bertz CT molecular complexity index is 717. The summed E-state index contributed by atoms with van der Waals surface area (Å²) in [6, 6.07) is 6.53. The molecule has 1 aromatic carbocycles. The highest BCUT2D eigenvalue weighted by Gasteiger charge is 2.34. The van der Waals surface area contributed by atoms with Crippen LogP contribution in [0, 0.1) is 0 Å². The molecular formula is C16H22N2O6S. The Morgan fingerprint density at radius 3 is 2.44 bits per heavy atom. The Kier molecular flexibility index (Phi) is 6.24. The van der Waals surface area contributed by atoms with Gasteiger partial charge in [0.2, 0.25) is 0 Å². The van der Waals surface area contributed by atoms with E-state index in [-0.39, 0.29) is 24.7 Å². The molecule has 1 heterocycles. The summed E-state index contributed by atoms with van der Waals surface area (Å²) in [5.74, 6) is -0.232. The van der Waals surface area contributed by atoms with Crippen molar-refractivity contribution in [2.24, 2.45) is 0 Å². The van der Waals surface area contributed by atoms with Crippen molar-refractivity contribution in [1.82, 2.24) is 10.2 Å². The van der Waals surface area contributed by atoms with Gasteiger partial charge in [-0.1, -0.05) is 0 Å². The molecule has 0 aliphatic carbocycles. The number of ether oxygens (including phenoxy) is 2. The molecule has 2 amide bonds. The van der Waals surface area contributed by atoms with Crippen molar-refractivity contribution in [3.05, 3.63) is 24.3 Å². The van der Waals surface area contributed by atoms with Gasteiger partial charge in [0, 0.05) is 13.1 Å². The number of sulfone groups is 1. The molecule has 1 fully saturated rings. The van der Waals surface area contributed by atoms with Gasteiger partial charge in [0.25, 0.3) is 0 Å². The van der Waals surface area contributed by atoms with Gasteiger partial charge in [-0.2, -0.15) is 0 Å². The molecule has 138 valence electrons. The highest BCUT2D eigenvalue weighted by atomic mass is 32.2. The fourth-order valence-corrected chi connectivity index (χ4v) is 4.26. The standard InChI is InChI=1S/C16H22N2O6S/c1-18(12-7-10-25(21,22)11-12)16(20)15(19)17-8-9-24-14-5-3-13(23-2)4-6-14/h3-6,12H,7-11H2,1-2H3,(H,17,19).